The van der Waals surface area contributed by atoms with Crippen molar-refractivity contribution in [2.24, 2.45) is 0 Å². The van der Waals surface area contributed by atoms with Crippen molar-refractivity contribution in [3.05, 3.63) is 142 Å². The average molecular weight is 1260 g/mol. The molecule has 0 atom stereocenters. The first-order chi connectivity index (χ1) is 45.5. The molecule has 2 heterocycles. The van der Waals surface area contributed by atoms with Crippen molar-refractivity contribution >= 4 is 43.1 Å². The number of unbranched alkanes of at least 4 members (excludes halogenated alkanes) is 8. The van der Waals surface area contributed by atoms with Crippen molar-refractivity contribution in [1.29, 1.82) is 0 Å². The van der Waals surface area contributed by atoms with E-state index in [2.05, 4.69) is 152 Å². The Labute approximate surface area is 548 Å². The predicted molar refractivity (Wildman–Crippen MR) is 373 cm³/mol. The number of benzene rings is 8. The van der Waals surface area contributed by atoms with E-state index >= 15 is 0 Å². The van der Waals surface area contributed by atoms with Gasteiger partial charge in [-0.25, -0.2) is 0 Å². The van der Waals surface area contributed by atoms with Crippen LogP contribution in [-0.2, 0) is 71.8 Å². The van der Waals surface area contributed by atoms with Crippen molar-refractivity contribution in [2.45, 2.75) is 211 Å². The highest BCUT2D eigenvalue weighted by atomic mass is 16.5. The summed E-state index contributed by atoms with van der Waals surface area (Å²) >= 11 is 0. The van der Waals surface area contributed by atoms with Crippen LogP contribution in [0.3, 0.4) is 0 Å². The van der Waals surface area contributed by atoms with Gasteiger partial charge in [0, 0.05) is 44.5 Å². The monoisotopic (exact) mass is 1260 g/mol. The molecule has 0 N–H and O–H groups in total. The molecule has 0 saturated carbocycles. The van der Waals surface area contributed by atoms with Gasteiger partial charge in [-0.1, -0.05) is 204 Å². The lowest BCUT2D eigenvalue weighted by molar-refractivity contribution is 0.0964. The number of rotatable bonds is 32. The SMILES string of the molecule is CCCCOc1c(OCCCC)c2c3ccccc3c1COCc1c(OCCCC)c(OCCCC)c(c3ccccc13)COCc1c(OCCCC)c(OCCCC)c(c3ccccc13)COCc1c(OCCCC)c(OCCCC)c(c3ccccc13)COC2. The Bertz CT molecular complexity index is 2900. The zero-order valence-corrected chi connectivity index (χ0v) is 56.8. The van der Waals surface area contributed by atoms with Crippen LogP contribution in [0.25, 0.3) is 43.1 Å². The highest BCUT2D eigenvalue weighted by Gasteiger charge is 2.30. The molecule has 0 spiro atoms. The number of hydrogen-bond acceptors (Lipinski definition) is 12. The van der Waals surface area contributed by atoms with Gasteiger partial charge in [0.2, 0.25) is 0 Å². The van der Waals surface area contributed by atoms with Crippen LogP contribution in [0.4, 0.5) is 0 Å². The van der Waals surface area contributed by atoms with Crippen LogP contribution in [0, 0.1) is 0 Å². The molecule has 8 aromatic rings. The fraction of sp³-hybridized carbons (Fsp3) is 0.500. The molecule has 8 bridgehead atoms. The van der Waals surface area contributed by atoms with Gasteiger partial charge in [-0.3, -0.25) is 0 Å². The Morgan fingerprint density at radius 2 is 0.326 bits per heavy atom. The standard InChI is InChI=1S/C80H104O12/c1-9-17-41-85-73-65-49-81-51-67-59-35-27-28-36-60(59)69(77(89-45-21-13-5)75(67)87-43-19-11-3)53-83-55-71-63-39-31-32-40-64(63)72(80(92-48-24-16-8)79(71)91-47-23-15-7)56-84-54-70-62-38-30-29-37-61(62)68(76(88-44-20-12-4)78(70)90-46-22-14-6)52-82-50-66(74(73)86-42-18-10-2)58-34-26-25-33-57(58)65/h25-40H,9-24,41-56H2,1-8H3. The van der Waals surface area contributed by atoms with Gasteiger partial charge in [0.05, 0.1) is 106 Å². The number of hydrogen-bond donors (Lipinski definition) is 0. The van der Waals surface area contributed by atoms with E-state index in [4.69, 9.17) is 56.8 Å². The molecule has 0 saturated heterocycles. The van der Waals surface area contributed by atoms with Crippen molar-refractivity contribution in [3.63, 3.8) is 0 Å². The van der Waals surface area contributed by atoms with Crippen LogP contribution >= 0.6 is 0 Å². The van der Waals surface area contributed by atoms with E-state index in [0.29, 0.717) is 98.9 Å². The van der Waals surface area contributed by atoms with Crippen LogP contribution in [0.15, 0.2) is 97.1 Å². The second-order valence-electron chi connectivity index (χ2n) is 24.2. The first-order valence-corrected chi connectivity index (χ1v) is 35.0. The molecule has 10 rings (SSSR count). The van der Waals surface area contributed by atoms with Crippen LogP contribution in [0.5, 0.6) is 46.0 Å². The Morgan fingerprint density at radius 1 is 0.207 bits per heavy atom. The summed E-state index contributed by atoms with van der Waals surface area (Å²) in [5.41, 5.74) is 7.36. The Kier molecular flexibility index (Phi) is 28.0. The first kappa shape index (κ1) is 69.4. The van der Waals surface area contributed by atoms with E-state index in [0.717, 1.165) is 190 Å². The summed E-state index contributed by atoms with van der Waals surface area (Å²) in [6.45, 7) is 23.4. The van der Waals surface area contributed by atoms with Gasteiger partial charge >= 0.3 is 0 Å². The van der Waals surface area contributed by atoms with Crippen molar-refractivity contribution in [3.8, 4) is 46.0 Å². The molecular weight excluding hydrogens is 1150 g/mol. The minimum absolute atomic E-state index is 0.230. The highest BCUT2D eigenvalue weighted by Crippen LogP contribution is 2.49. The largest absolute Gasteiger partial charge is 0.489 e. The molecule has 0 radical (unpaired) electrons. The normalized spacial score (nSPS) is 13.3. The topological polar surface area (TPSA) is 111 Å². The highest BCUT2D eigenvalue weighted by molar-refractivity contribution is 5.97. The molecule has 12 nitrogen and oxygen atoms in total. The van der Waals surface area contributed by atoms with Crippen LogP contribution in [0.1, 0.15) is 203 Å². The third-order valence-corrected chi connectivity index (χ3v) is 17.3. The molecular formula is C80H104O12. The van der Waals surface area contributed by atoms with Crippen molar-refractivity contribution in [1.82, 2.24) is 0 Å². The lowest BCUT2D eigenvalue weighted by Crippen LogP contribution is -2.13. The molecule has 0 aromatic heterocycles. The van der Waals surface area contributed by atoms with E-state index < -0.39 is 0 Å². The fourth-order valence-electron chi connectivity index (χ4n) is 12.0. The van der Waals surface area contributed by atoms with Crippen molar-refractivity contribution < 1.29 is 56.8 Å². The Morgan fingerprint density at radius 3 is 0.435 bits per heavy atom. The summed E-state index contributed by atoms with van der Waals surface area (Å²) < 4.78 is 84.7. The quantitative estimate of drug-likeness (QED) is 0.0374. The molecule has 2 aliphatic rings. The second kappa shape index (κ2) is 37.1. The maximum atomic E-state index is 7.16. The summed E-state index contributed by atoms with van der Waals surface area (Å²) in [4.78, 5) is 0. The molecule has 0 amide bonds. The summed E-state index contributed by atoms with van der Waals surface area (Å²) in [7, 11) is 0. The van der Waals surface area contributed by atoms with E-state index in [-0.39, 0.29) is 52.9 Å². The van der Waals surface area contributed by atoms with Gasteiger partial charge in [-0.05, 0) is 94.5 Å². The van der Waals surface area contributed by atoms with E-state index in [1.807, 2.05) is 0 Å². The Hall–Kier alpha value is -6.96. The van der Waals surface area contributed by atoms with E-state index in [1.54, 1.807) is 0 Å². The summed E-state index contributed by atoms with van der Waals surface area (Å²) in [5.74, 6) is 5.49. The molecule has 0 fully saturated rings. The van der Waals surface area contributed by atoms with Crippen molar-refractivity contribution in [2.75, 3.05) is 52.9 Å². The van der Waals surface area contributed by atoms with Crippen LogP contribution < -0.4 is 37.9 Å². The van der Waals surface area contributed by atoms with Gasteiger partial charge in [0.15, 0.2) is 46.0 Å². The lowest BCUT2D eigenvalue weighted by Gasteiger charge is -2.26. The molecule has 92 heavy (non-hydrogen) atoms. The van der Waals surface area contributed by atoms with Gasteiger partial charge in [-0.2, -0.15) is 0 Å². The zero-order valence-electron chi connectivity index (χ0n) is 56.8. The van der Waals surface area contributed by atoms with Crippen LogP contribution in [0.2, 0.25) is 0 Å². The summed E-state index contributed by atoms with van der Waals surface area (Å²) in [5, 5.41) is 8.11. The molecule has 0 unspecified atom stereocenters. The van der Waals surface area contributed by atoms with Gasteiger partial charge in [0.1, 0.15) is 0 Å². The summed E-state index contributed by atoms with van der Waals surface area (Å²) in [6.07, 6.45) is 14.7. The smallest absolute Gasteiger partial charge is 0.167 e. The lowest BCUT2D eigenvalue weighted by atomic mass is 9.96. The van der Waals surface area contributed by atoms with Crippen LogP contribution in [-0.4, -0.2) is 52.9 Å². The Balaban J connectivity index is 1.29. The third-order valence-electron chi connectivity index (χ3n) is 17.3. The molecule has 2 aliphatic heterocycles. The maximum absolute atomic E-state index is 7.16. The first-order valence-electron chi connectivity index (χ1n) is 35.0. The average Bonchev–Trinajstić information content (AvgIpc) is 0.828. The molecule has 8 aromatic carbocycles. The fourth-order valence-corrected chi connectivity index (χ4v) is 12.0. The third kappa shape index (κ3) is 17.1. The minimum Gasteiger partial charge on any atom is -0.489 e. The number of ether oxygens (including phenoxy) is 12. The van der Waals surface area contributed by atoms with Gasteiger partial charge in [-0.15, -0.1) is 0 Å². The molecule has 0 aliphatic carbocycles. The molecule has 12 heteroatoms. The maximum Gasteiger partial charge on any atom is 0.167 e. The summed E-state index contributed by atoms with van der Waals surface area (Å²) in [6, 6.07) is 34.1. The number of fused-ring (bicyclic) bond motifs is 12. The molecule has 496 valence electrons. The van der Waals surface area contributed by atoms with E-state index in [1.165, 1.54) is 0 Å². The predicted octanol–water partition coefficient (Wildman–Crippen LogP) is 20.9. The van der Waals surface area contributed by atoms with Gasteiger partial charge < -0.3 is 56.8 Å². The zero-order chi connectivity index (χ0) is 64.3. The van der Waals surface area contributed by atoms with E-state index in [9.17, 15) is 0 Å². The van der Waals surface area contributed by atoms with Gasteiger partial charge in [0.25, 0.3) is 0 Å². The minimum atomic E-state index is 0.230. The second-order valence-corrected chi connectivity index (χ2v) is 24.2.